The lowest BCUT2D eigenvalue weighted by Gasteiger charge is -2.42. The van der Waals surface area contributed by atoms with Crippen molar-refractivity contribution in [2.75, 3.05) is 87.1 Å². The Morgan fingerprint density at radius 2 is 1.62 bits per heavy atom. The van der Waals surface area contributed by atoms with E-state index in [1.165, 1.54) is 51.1 Å². The summed E-state index contributed by atoms with van der Waals surface area (Å²) in [6.07, 6.45) is 13.1. The molecule has 1 N–H and O–H groups in total. The summed E-state index contributed by atoms with van der Waals surface area (Å²) in [5.74, 6) is 2.17. The van der Waals surface area contributed by atoms with Gasteiger partial charge in [-0.25, -0.2) is 4.98 Å². The number of hydrogen-bond donors (Lipinski definition) is 1. The van der Waals surface area contributed by atoms with Crippen LogP contribution in [0.25, 0.3) is 6.08 Å². The lowest BCUT2D eigenvalue weighted by Crippen LogP contribution is -2.48. The summed E-state index contributed by atoms with van der Waals surface area (Å²) < 4.78 is 0. The van der Waals surface area contributed by atoms with Crippen LogP contribution in [0.3, 0.4) is 0 Å². The molecule has 1 aromatic heterocycles. The molecule has 0 saturated carbocycles. The fourth-order valence-electron chi connectivity index (χ4n) is 6.45. The van der Waals surface area contributed by atoms with E-state index in [9.17, 15) is 0 Å². The van der Waals surface area contributed by atoms with Gasteiger partial charge in [0, 0.05) is 93.4 Å². The highest BCUT2D eigenvalue weighted by Gasteiger charge is 2.28. The highest BCUT2D eigenvalue weighted by Crippen LogP contribution is 2.32. The Bertz CT molecular complexity index is 1280. The minimum absolute atomic E-state index is 0.606. The third-order valence-corrected chi connectivity index (χ3v) is 9.26. The second kappa shape index (κ2) is 13.1. The molecule has 8 nitrogen and oxygen atoms in total. The summed E-state index contributed by atoms with van der Waals surface area (Å²) in [4.78, 5) is 21.8. The van der Waals surface area contributed by atoms with Crippen molar-refractivity contribution >= 4 is 29.2 Å². The second-order valence-electron chi connectivity index (χ2n) is 12.1. The third kappa shape index (κ3) is 6.71. The first kappa shape index (κ1) is 28.5. The van der Waals surface area contributed by atoms with Crippen LogP contribution in [0, 0.1) is 5.92 Å². The van der Waals surface area contributed by atoms with Crippen LogP contribution >= 0.6 is 0 Å². The number of nitrogens with one attached hydrogen (secondary N) is 1. The number of fused-ring (bicyclic) bond motifs is 1. The number of allylic oxidation sites excluding steroid dienone is 2. The Balaban J connectivity index is 1.01. The number of rotatable bonds is 11. The molecule has 0 aliphatic carbocycles. The van der Waals surface area contributed by atoms with Crippen LogP contribution in [0.4, 0.5) is 23.1 Å². The maximum atomic E-state index is 4.92. The molecule has 8 heteroatoms. The predicted molar refractivity (Wildman–Crippen MR) is 175 cm³/mol. The standard InChI is InChI=1S/C34H46N8/c1-4-27(2)41-25-29(26-41)14-17-42-28(3)8-9-30-24-35-34(37-33(30)42)36-31-10-12-32(13-11-31)40-22-20-39(21-23-40)19-18-38-15-6-5-7-16-38/h4,8-13,24,29H,1-3,5-7,14-23,25-26H2,(H,35,36,37). The minimum atomic E-state index is 0.606. The topological polar surface area (TPSA) is 54.0 Å². The fourth-order valence-corrected chi connectivity index (χ4v) is 6.45. The Labute approximate surface area is 251 Å². The van der Waals surface area contributed by atoms with E-state index in [2.05, 4.69) is 91.0 Å². The van der Waals surface area contributed by atoms with Crippen molar-refractivity contribution in [3.63, 3.8) is 0 Å². The Kier molecular flexibility index (Phi) is 8.91. The van der Waals surface area contributed by atoms with Crippen LogP contribution in [-0.2, 0) is 0 Å². The maximum Gasteiger partial charge on any atom is 0.229 e. The van der Waals surface area contributed by atoms with E-state index >= 15 is 0 Å². The summed E-state index contributed by atoms with van der Waals surface area (Å²) in [5, 5.41) is 3.43. The zero-order valence-corrected chi connectivity index (χ0v) is 25.1. The van der Waals surface area contributed by atoms with Gasteiger partial charge in [0.1, 0.15) is 5.82 Å². The lowest BCUT2D eigenvalue weighted by atomic mass is 9.95. The Morgan fingerprint density at radius 1 is 0.905 bits per heavy atom. The van der Waals surface area contributed by atoms with Gasteiger partial charge in [-0.3, -0.25) is 4.90 Å². The van der Waals surface area contributed by atoms with Gasteiger partial charge in [-0.05, 0) is 80.8 Å². The number of aromatic nitrogens is 2. The van der Waals surface area contributed by atoms with E-state index in [-0.39, 0.29) is 0 Å². The molecular formula is C34H46N8. The zero-order valence-electron chi connectivity index (χ0n) is 25.1. The van der Waals surface area contributed by atoms with Crippen molar-refractivity contribution in [2.45, 2.75) is 25.7 Å². The normalized spacial score (nSPS) is 19.9. The first-order chi connectivity index (χ1) is 20.6. The molecule has 0 radical (unpaired) electrons. The van der Waals surface area contributed by atoms with Gasteiger partial charge in [-0.2, -0.15) is 4.98 Å². The highest BCUT2D eigenvalue weighted by atomic mass is 15.3. The number of nitrogens with zero attached hydrogens (tertiary/aromatic N) is 7. The molecule has 6 rings (SSSR count). The highest BCUT2D eigenvalue weighted by molar-refractivity contribution is 5.74. The van der Waals surface area contributed by atoms with Crippen molar-refractivity contribution < 1.29 is 0 Å². The molecular weight excluding hydrogens is 520 g/mol. The van der Waals surface area contributed by atoms with Crippen molar-refractivity contribution in [1.29, 1.82) is 0 Å². The summed E-state index contributed by atoms with van der Waals surface area (Å²) in [7, 11) is 0. The SMILES string of the molecule is C=CC(=C)N1CC(CCN2C(=C)C=Cc3cnc(Nc4ccc(N5CCN(CCN6CCCCC6)CC5)cc4)nc32)C1. The summed E-state index contributed by atoms with van der Waals surface area (Å²) in [6.45, 7) is 24.6. The largest absolute Gasteiger partial charge is 0.371 e. The number of anilines is 4. The van der Waals surface area contributed by atoms with Crippen molar-refractivity contribution in [1.82, 2.24) is 24.7 Å². The minimum Gasteiger partial charge on any atom is -0.371 e. The van der Waals surface area contributed by atoms with Gasteiger partial charge >= 0.3 is 0 Å². The molecule has 0 amide bonds. The first-order valence-corrected chi connectivity index (χ1v) is 15.7. The molecule has 42 heavy (non-hydrogen) atoms. The number of hydrogen-bond acceptors (Lipinski definition) is 8. The average molecular weight is 567 g/mol. The summed E-state index contributed by atoms with van der Waals surface area (Å²) >= 11 is 0. The molecule has 2 aromatic rings. The number of piperidine rings is 1. The van der Waals surface area contributed by atoms with E-state index in [0.717, 1.165) is 80.7 Å². The van der Waals surface area contributed by atoms with Gasteiger partial charge in [0.15, 0.2) is 0 Å². The van der Waals surface area contributed by atoms with Crippen LogP contribution in [-0.4, -0.2) is 96.7 Å². The van der Waals surface area contributed by atoms with E-state index in [4.69, 9.17) is 4.98 Å². The van der Waals surface area contributed by atoms with Crippen molar-refractivity contribution in [2.24, 2.45) is 5.92 Å². The van der Waals surface area contributed by atoms with Crippen LogP contribution in [0.2, 0.25) is 0 Å². The zero-order chi connectivity index (χ0) is 28.9. The molecule has 1 aromatic carbocycles. The second-order valence-corrected chi connectivity index (χ2v) is 12.1. The molecule has 0 unspecified atom stereocenters. The van der Waals surface area contributed by atoms with Crippen LogP contribution in [0.1, 0.15) is 31.2 Å². The summed E-state index contributed by atoms with van der Waals surface area (Å²) in [5.41, 5.74) is 5.27. The quantitative estimate of drug-likeness (QED) is 0.373. The molecule has 3 fully saturated rings. The van der Waals surface area contributed by atoms with E-state index in [1.54, 1.807) is 0 Å². The molecule has 4 aliphatic rings. The molecule has 0 bridgehead atoms. The van der Waals surface area contributed by atoms with Crippen LogP contribution < -0.4 is 15.1 Å². The molecule has 0 spiro atoms. The van der Waals surface area contributed by atoms with E-state index in [0.29, 0.717) is 11.9 Å². The fraction of sp³-hybridized carbons (Fsp3) is 0.471. The Morgan fingerprint density at radius 3 is 2.33 bits per heavy atom. The van der Waals surface area contributed by atoms with E-state index in [1.807, 2.05) is 12.3 Å². The maximum absolute atomic E-state index is 4.92. The molecule has 5 heterocycles. The third-order valence-electron chi connectivity index (χ3n) is 9.26. The van der Waals surface area contributed by atoms with Crippen LogP contribution in [0.15, 0.2) is 73.7 Å². The van der Waals surface area contributed by atoms with Crippen molar-refractivity contribution in [3.05, 3.63) is 79.3 Å². The van der Waals surface area contributed by atoms with Gasteiger partial charge < -0.3 is 24.9 Å². The van der Waals surface area contributed by atoms with E-state index < -0.39 is 0 Å². The number of likely N-dealkylation sites (tertiary alicyclic amines) is 2. The number of piperazine rings is 1. The molecule has 222 valence electrons. The Hall–Kier alpha value is -3.62. The predicted octanol–water partition coefficient (Wildman–Crippen LogP) is 5.20. The molecule has 4 aliphatic heterocycles. The number of benzene rings is 1. The molecule has 0 atom stereocenters. The van der Waals surface area contributed by atoms with Gasteiger partial charge in [-0.15, -0.1) is 0 Å². The summed E-state index contributed by atoms with van der Waals surface area (Å²) in [6, 6.07) is 8.70. The smallest absolute Gasteiger partial charge is 0.229 e. The van der Waals surface area contributed by atoms with Crippen LogP contribution in [0.5, 0.6) is 0 Å². The first-order valence-electron chi connectivity index (χ1n) is 15.7. The van der Waals surface area contributed by atoms with Crippen molar-refractivity contribution in [3.8, 4) is 0 Å². The average Bonchev–Trinajstić information content (AvgIpc) is 3.01. The van der Waals surface area contributed by atoms with Gasteiger partial charge in [-0.1, -0.05) is 26.2 Å². The van der Waals surface area contributed by atoms with Gasteiger partial charge in [0.05, 0.1) is 0 Å². The monoisotopic (exact) mass is 566 g/mol. The van der Waals surface area contributed by atoms with Gasteiger partial charge in [0.2, 0.25) is 5.95 Å². The lowest BCUT2D eigenvalue weighted by molar-refractivity contribution is 0.143. The van der Waals surface area contributed by atoms with Gasteiger partial charge in [0.25, 0.3) is 0 Å². The molecule has 3 saturated heterocycles.